The maximum Gasteiger partial charge on any atom is 0.348 e. The SMILES string of the molecule is COCC(=O)Nc1c(I)c(C(=O)Cl)c(I)c(C(=O)OC(=O)c2c(I)c(NC(=O)COC)c(I)c(C(=O)Cl)c2I)c1I. The molecule has 0 radical (unpaired) electrons. The van der Waals surface area contributed by atoms with E-state index in [1.165, 1.54) is 14.2 Å². The Kier molecular flexibility index (Phi) is 15.6. The average Bonchev–Trinajstić information content (AvgIpc) is 2.84. The Balaban J connectivity index is 2.71. The number of hydrogen-bond donors (Lipinski definition) is 2. The molecule has 2 N–H and O–H groups in total. The summed E-state index contributed by atoms with van der Waals surface area (Å²) in [4.78, 5) is 76.0. The van der Waals surface area contributed by atoms with Crippen molar-refractivity contribution in [3.05, 3.63) is 43.7 Å². The van der Waals surface area contributed by atoms with Gasteiger partial charge >= 0.3 is 11.9 Å². The van der Waals surface area contributed by atoms with E-state index >= 15 is 0 Å². The van der Waals surface area contributed by atoms with Crippen molar-refractivity contribution in [3.63, 3.8) is 0 Å². The number of esters is 2. The molecule has 0 aliphatic heterocycles. The van der Waals surface area contributed by atoms with Crippen molar-refractivity contribution < 1.29 is 43.0 Å². The molecule has 0 heterocycles. The molecule has 0 aromatic heterocycles. The molecule has 19 heteroatoms. The first kappa shape index (κ1) is 37.9. The van der Waals surface area contributed by atoms with Crippen molar-refractivity contribution >= 4 is 204 Å². The van der Waals surface area contributed by atoms with Gasteiger partial charge in [0.05, 0.1) is 47.9 Å². The largest absolute Gasteiger partial charge is 0.386 e. The Morgan fingerprint density at radius 2 is 0.854 bits per heavy atom. The third-order valence-corrected chi connectivity index (χ3v) is 11.6. The van der Waals surface area contributed by atoms with Gasteiger partial charge in [-0.25, -0.2) is 9.59 Å². The van der Waals surface area contributed by atoms with E-state index in [1.54, 1.807) is 136 Å². The van der Waals surface area contributed by atoms with E-state index in [-0.39, 0.29) is 68.3 Å². The van der Waals surface area contributed by atoms with Crippen molar-refractivity contribution in [2.75, 3.05) is 38.1 Å². The second-order valence-electron chi connectivity index (χ2n) is 7.32. The van der Waals surface area contributed by atoms with E-state index in [1.807, 2.05) is 0 Å². The first-order valence-electron chi connectivity index (χ1n) is 10.2. The van der Waals surface area contributed by atoms with Crippen LogP contribution in [0.2, 0.25) is 0 Å². The van der Waals surface area contributed by atoms with Crippen LogP contribution in [0, 0.1) is 21.4 Å². The van der Waals surface area contributed by atoms with Crippen molar-refractivity contribution in [1.82, 2.24) is 0 Å². The highest BCUT2D eigenvalue weighted by Crippen LogP contribution is 2.39. The maximum atomic E-state index is 13.4. The van der Waals surface area contributed by atoms with Crippen molar-refractivity contribution in [2.45, 2.75) is 0 Å². The summed E-state index contributed by atoms with van der Waals surface area (Å²) in [5.41, 5.74) is -0.416. The molecule has 0 unspecified atom stereocenters. The van der Waals surface area contributed by atoms with E-state index in [4.69, 9.17) is 37.4 Å². The molecule has 2 rings (SSSR count). The molecule has 41 heavy (non-hydrogen) atoms. The summed E-state index contributed by atoms with van der Waals surface area (Å²) in [5.74, 6) is -3.49. The monoisotopic (exact) mass is 1280 g/mol. The quantitative estimate of drug-likeness (QED) is 0.122. The minimum absolute atomic E-state index is 0.0788. The lowest BCUT2D eigenvalue weighted by atomic mass is 10.1. The van der Waals surface area contributed by atoms with Crippen LogP contribution in [-0.4, -0.2) is 61.7 Å². The Morgan fingerprint density at radius 3 is 1.12 bits per heavy atom. The molecular weight excluding hydrogens is 1270 g/mol. The van der Waals surface area contributed by atoms with E-state index < -0.39 is 34.2 Å². The van der Waals surface area contributed by atoms with E-state index in [0.717, 1.165) is 0 Å². The maximum absolute atomic E-state index is 13.4. The minimum atomic E-state index is -1.17. The van der Waals surface area contributed by atoms with Crippen LogP contribution in [-0.2, 0) is 23.8 Å². The molecule has 2 aromatic carbocycles. The summed E-state index contributed by atoms with van der Waals surface area (Å²) >= 11 is 22.2. The van der Waals surface area contributed by atoms with Gasteiger partial charge in [-0.3, -0.25) is 19.2 Å². The molecule has 0 saturated carbocycles. The number of ether oxygens (including phenoxy) is 3. The van der Waals surface area contributed by atoms with Gasteiger partial charge in [-0.15, -0.1) is 0 Å². The summed E-state index contributed by atoms with van der Waals surface area (Å²) in [6.07, 6.45) is 0. The van der Waals surface area contributed by atoms with Crippen LogP contribution in [0.15, 0.2) is 0 Å². The van der Waals surface area contributed by atoms with Gasteiger partial charge in [0.25, 0.3) is 10.5 Å². The zero-order chi connectivity index (χ0) is 31.3. The van der Waals surface area contributed by atoms with Crippen LogP contribution in [0.5, 0.6) is 0 Å². The summed E-state index contributed by atoms with van der Waals surface area (Å²) in [5, 5.41) is 3.31. The number of nitrogens with one attached hydrogen (secondary N) is 2. The zero-order valence-corrected chi connectivity index (χ0v) is 34.6. The third kappa shape index (κ3) is 8.93. The lowest BCUT2D eigenvalue weighted by molar-refractivity contribution is -0.120. The number of hydrogen-bond acceptors (Lipinski definition) is 9. The number of carbonyl (C=O) groups excluding carboxylic acids is 6. The minimum Gasteiger partial charge on any atom is -0.386 e. The number of carbonyl (C=O) groups is 6. The Hall–Kier alpha value is 0.740. The normalized spacial score (nSPS) is 10.7. The van der Waals surface area contributed by atoms with Gasteiger partial charge in [0.15, 0.2) is 0 Å². The molecule has 0 aliphatic rings. The molecule has 2 amide bonds. The highest BCUT2D eigenvalue weighted by atomic mass is 127. The lowest BCUT2D eigenvalue weighted by Gasteiger charge is -2.19. The number of benzene rings is 2. The number of amides is 2. The molecule has 0 fully saturated rings. The fourth-order valence-corrected chi connectivity index (χ4v) is 12.8. The van der Waals surface area contributed by atoms with Crippen molar-refractivity contribution in [3.8, 4) is 0 Å². The number of halogens is 8. The second-order valence-corrected chi connectivity index (χ2v) is 14.5. The standard InChI is InChI=1S/C22H12Cl2I6N2O9/c1-39-3-5(33)31-17-13(27)7(19(23)35)11(25)9(15(17)29)21(37)41-22(38)10-12(26)8(20(24)36)14(28)18(16(10)30)32-6(34)4-40-2/h3-4H2,1-2H3,(H,31,33)(H,32,34). The summed E-state index contributed by atoms with van der Waals surface area (Å²) < 4.78 is 15.9. The van der Waals surface area contributed by atoms with Gasteiger partial charge in [-0.2, -0.15) is 0 Å². The van der Waals surface area contributed by atoms with E-state index in [2.05, 4.69) is 10.6 Å². The van der Waals surface area contributed by atoms with Gasteiger partial charge in [0, 0.05) is 21.4 Å². The van der Waals surface area contributed by atoms with E-state index in [0.29, 0.717) is 0 Å². The molecule has 11 nitrogen and oxygen atoms in total. The molecule has 0 bridgehead atoms. The number of rotatable bonds is 10. The molecule has 2 aromatic rings. The van der Waals surface area contributed by atoms with Crippen molar-refractivity contribution in [1.29, 1.82) is 0 Å². The fourth-order valence-electron chi connectivity index (χ4n) is 3.05. The van der Waals surface area contributed by atoms with Gasteiger partial charge in [-0.1, -0.05) is 0 Å². The lowest BCUT2D eigenvalue weighted by Crippen LogP contribution is -2.24. The van der Waals surface area contributed by atoms with Gasteiger partial charge in [0.1, 0.15) is 13.2 Å². The first-order valence-corrected chi connectivity index (χ1v) is 17.5. The second kappa shape index (κ2) is 16.9. The topological polar surface area (TPSA) is 154 Å². The third-order valence-electron chi connectivity index (χ3n) is 4.70. The summed E-state index contributed by atoms with van der Waals surface area (Å²) in [6, 6.07) is 0. The molecule has 0 atom stereocenters. The summed E-state index contributed by atoms with van der Waals surface area (Å²) in [7, 11) is 2.63. The number of anilines is 2. The molecular formula is C22H12Cl2I6N2O9. The predicted octanol–water partition coefficient (Wildman–Crippen LogP) is 6.24. The van der Waals surface area contributed by atoms with Gasteiger partial charge in [-0.05, 0) is 159 Å². The zero-order valence-electron chi connectivity index (χ0n) is 20.1. The van der Waals surface area contributed by atoms with Crippen molar-refractivity contribution in [2.24, 2.45) is 0 Å². The van der Waals surface area contributed by atoms with Crippen LogP contribution in [0.25, 0.3) is 0 Å². The summed E-state index contributed by atoms with van der Waals surface area (Å²) in [6.45, 7) is -0.621. The molecule has 0 saturated heterocycles. The number of methoxy groups -OCH3 is 2. The molecule has 0 aliphatic carbocycles. The predicted molar refractivity (Wildman–Crippen MR) is 200 cm³/mol. The Morgan fingerprint density at radius 1 is 0.561 bits per heavy atom. The Bertz CT molecular complexity index is 1390. The highest BCUT2D eigenvalue weighted by molar-refractivity contribution is 14.1. The van der Waals surface area contributed by atoms with Crippen LogP contribution >= 0.6 is 159 Å². The molecule has 0 spiro atoms. The highest BCUT2D eigenvalue weighted by Gasteiger charge is 2.33. The van der Waals surface area contributed by atoms with Crippen LogP contribution in [0.4, 0.5) is 11.4 Å². The average molecular weight is 1280 g/mol. The van der Waals surface area contributed by atoms with Gasteiger partial charge in [0.2, 0.25) is 11.8 Å². The van der Waals surface area contributed by atoms with Crippen LogP contribution in [0.1, 0.15) is 41.4 Å². The fraction of sp³-hybridized carbons (Fsp3) is 0.182. The van der Waals surface area contributed by atoms with Crippen LogP contribution in [0.3, 0.4) is 0 Å². The Labute approximate surface area is 324 Å². The van der Waals surface area contributed by atoms with Crippen LogP contribution < -0.4 is 10.6 Å². The van der Waals surface area contributed by atoms with Gasteiger partial charge < -0.3 is 24.8 Å². The smallest absolute Gasteiger partial charge is 0.348 e. The molecule has 220 valence electrons. The van der Waals surface area contributed by atoms with E-state index in [9.17, 15) is 28.8 Å². The first-order chi connectivity index (χ1) is 19.1.